The summed E-state index contributed by atoms with van der Waals surface area (Å²) >= 11 is 0. The summed E-state index contributed by atoms with van der Waals surface area (Å²) in [5.74, 6) is 0. The smallest absolute Gasteiger partial charge is 0.384 e. The molecule has 0 aliphatic heterocycles. The highest BCUT2D eigenvalue weighted by Gasteiger charge is 2.47. The number of hydrogen-bond donors (Lipinski definition) is 2. The number of nitrogens with zero attached hydrogens (tertiary/aromatic N) is 1. The van der Waals surface area contributed by atoms with E-state index in [-0.39, 0.29) is 12.2 Å². The Morgan fingerprint density at radius 2 is 1.66 bits per heavy atom. The second-order valence-corrected chi connectivity index (χ2v) is 9.11. The Hall–Kier alpha value is -2.87. The van der Waals surface area contributed by atoms with Crippen molar-refractivity contribution in [1.29, 1.82) is 0 Å². The van der Waals surface area contributed by atoms with Crippen LogP contribution in [0.5, 0.6) is 0 Å². The second-order valence-electron chi connectivity index (χ2n) is 5.52. The molecule has 9 nitrogen and oxygen atoms in total. The molecule has 29 heavy (non-hydrogen) atoms. The van der Waals surface area contributed by atoms with Crippen LogP contribution in [-0.4, -0.2) is 33.8 Å². The average molecular weight is 453 g/mol. The molecule has 0 heterocycles. The molecule has 2 aromatic rings. The minimum absolute atomic E-state index is 0.0178. The van der Waals surface area contributed by atoms with Crippen molar-refractivity contribution >= 4 is 36.9 Å². The van der Waals surface area contributed by atoms with Crippen LogP contribution < -0.4 is 10.0 Å². The molecule has 0 saturated heterocycles. The van der Waals surface area contributed by atoms with Crippen molar-refractivity contribution in [3.8, 4) is 0 Å². The summed E-state index contributed by atoms with van der Waals surface area (Å²) < 4.78 is 88.9. The van der Waals surface area contributed by atoms with Gasteiger partial charge in [-0.15, -0.1) is 0 Å². The van der Waals surface area contributed by atoms with Crippen LogP contribution in [0.25, 0.3) is 0 Å². The Bertz CT molecular complexity index is 1150. The van der Waals surface area contributed by atoms with Crippen molar-refractivity contribution in [2.75, 3.05) is 16.6 Å². The molecule has 2 N–H and O–H groups in total. The number of alkyl halides is 3. The van der Waals surface area contributed by atoms with Crippen LogP contribution in [0.1, 0.15) is 6.92 Å². The molecule has 0 aliphatic rings. The number of hydrogen-bond acceptors (Lipinski definition) is 7. The summed E-state index contributed by atoms with van der Waals surface area (Å²) in [6, 6.07) is 6.44. The fourth-order valence-electron chi connectivity index (χ4n) is 2.29. The van der Waals surface area contributed by atoms with Crippen LogP contribution in [0, 0.1) is 10.1 Å². The maximum Gasteiger partial charge on any atom is 0.501 e. The molecule has 0 radical (unpaired) electrons. The molecule has 0 amide bonds. The molecule has 0 aromatic heterocycles. The number of rotatable bonds is 7. The van der Waals surface area contributed by atoms with E-state index in [0.29, 0.717) is 12.1 Å². The first-order valence-electron chi connectivity index (χ1n) is 7.76. The Balaban J connectivity index is 2.62. The van der Waals surface area contributed by atoms with Gasteiger partial charge in [-0.2, -0.15) is 13.2 Å². The molecule has 0 aliphatic carbocycles. The van der Waals surface area contributed by atoms with Crippen LogP contribution in [0.2, 0.25) is 0 Å². The van der Waals surface area contributed by atoms with E-state index in [9.17, 15) is 40.1 Å². The highest BCUT2D eigenvalue weighted by molar-refractivity contribution is 7.93. The standard InChI is InChI=1S/C15H14F3N3O6S2/c1-2-19-11-8-7-10(28(24,25)15(16,17)18)9-12(11)20-29(26,27)14-6-4-3-5-13(14)21(22)23/h3-9,19-20H,2H2,1H3. The van der Waals surface area contributed by atoms with E-state index in [1.165, 1.54) is 12.1 Å². The van der Waals surface area contributed by atoms with Crippen LogP contribution in [0.15, 0.2) is 52.3 Å². The first-order valence-corrected chi connectivity index (χ1v) is 10.7. The maximum atomic E-state index is 12.8. The molecule has 0 atom stereocenters. The third-order valence-electron chi connectivity index (χ3n) is 3.57. The monoisotopic (exact) mass is 453 g/mol. The zero-order chi connectivity index (χ0) is 22.0. The molecule has 2 aromatic carbocycles. The maximum absolute atomic E-state index is 12.8. The van der Waals surface area contributed by atoms with Gasteiger partial charge in [-0.25, -0.2) is 16.8 Å². The summed E-state index contributed by atoms with van der Waals surface area (Å²) in [6.45, 7) is 1.84. The number of para-hydroxylation sites is 1. The SMILES string of the molecule is CCNc1ccc(S(=O)(=O)C(F)(F)F)cc1NS(=O)(=O)c1ccccc1[N+](=O)[O-]. The molecule has 0 saturated carbocycles. The molecule has 2 rings (SSSR count). The minimum atomic E-state index is -5.74. The third-order valence-corrected chi connectivity index (χ3v) is 6.47. The van der Waals surface area contributed by atoms with Gasteiger partial charge in [-0.1, -0.05) is 12.1 Å². The van der Waals surface area contributed by atoms with E-state index < -0.39 is 51.5 Å². The van der Waals surface area contributed by atoms with Crippen molar-refractivity contribution in [3.05, 3.63) is 52.6 Å². The summed E-state index contributed by atoms with van der Waals surface area (Å²) in [6.07, 6.45) is 0. The molecule has 14 heteroatoms. The highest BCUT2D eigenvalue weighted by atomic mass is 32.2. The largest absolute Gasteiger partial charge is 0.501 e. The van der Waals surface area contributed by atoms with E-state index >= 15 is 0 Å². The van der Waals surface area contributed by atoms with Gasteiger partial charge < -0.3 is 5.32 Å². The quantitative estimate of drug-likeness (QED) is 0.486. The number of anilines is 2. The van der Waals surface area contributed by atoms with Gasteiger partial charge in [0.1, 0.15) is 0 Å². The zero-order valence-electron chi connectivity index (χ0n) is 14.6. The topological polar surface area (TPSA) is 135 Å². The van der Waals surface area contributed by atoms with Gasteiger partial charge in [0.2, 0.25) is 0 Å². The predicted octanol–water partition coefficient (Wildman–Crippen LogP) is 3.12. The summed E-state index contributed by atoms with van der Waals surface area (Å²) in [7, 11) is -10.4. The summed E-state index contributed by atoms with van der Waals surface area (Å²) in [4.78, 5) is 8.22. The lowest BCUT2D eigenvalue weighted by Crippen LogP contribution is -2.23. The average Bonchev–Trinajstić information content (AvgIpc) is 2.62. The van der Waals surface area contributed by atoms with Crippen molar-refractivity contribution in [2.45, 2.75) is 22.2 Å². The molecule has 0 fully saturated rings. The zero-order valence-corrected chi connectivity index (χ0v) is 16.2. The third kappa shape index (κ3) is 4.59. The summed E-state index contributed by atoms with van der Waals surface area (Å²) in [5.41, 5.74) is -6.89. The van der Waals surface area contributed by atoms with Crippen molar-refractivity contribution < 1.29 is 34.9 Å². The van der Waals surface area contributed by atoms with Crippen LogP contribution >= 0.6 is 0 Å². The van der Waals surface area contributed by atoms with E-state index in [4.69, 9.17) is 0 Å². The number of nitro benzene ring substituents is 1. The van der Waals surface area contributed by atoms with Gasteiger partial charge in [0, 0.05) is 12.6 Å². The van der Waals surface area contributed by atoms with E-state index in [1.54, 1.807) is 6.92 Å². The van der Waals surface area contributed by atoms with Gasteiger partial charge >= 0.3 is 5.51 Å². The summed E-state index contributed by atoms with van der Waals surface area (Å²) in [5, 5.41) is 13.8. The van der Waals surface area contributed by atoms with Gasteiger partial charge in [-0.3, -0.25) is 14.8 Å². The number of nitrogens with one attached hydrogen (secondary N) is 2. The van der Waals surface area contributed by atoms with E-state index in [1.807, 2.05) is 4.72 Å². The fourth-order valence-corrected chi connectivity index (χ4v) is 4.32. The Kier molecular flexibility index (Phi) is 6.08. The molecule has 158 valence electrons. The van der Waals surface area contributed by atoms with Crippen molar-refractivity contribution in [1.82, 2.24) is 0 Å². The number of sulfone groups is 1. The van der Waals surface area contributed by atoms with Gasteiger partial charge in [0.05, 0.1) is 21.2 Å². The Labute approximate surface area is 163 Å². The molecular formula is C15H14F3N3O6S2. The molecule has 0 unspecified atom stereocenters. The van der Waals surface area contributed by atoms with Crippen molar-refractivity contribution in [2.24, 2.45) is 0 Å². The van der Waals surface area contributed by atoms with Crippen LogP contribution in [-0.2, 0) is 19.9 Å². The number of sulfonamides is 1. The minimum Gasteiger partial charge on any atom is -0.384 e. The lowest BCUT2D eigenvalue weighted by molar-refractivity contribution is -0.387. The van der Waals surface area contributed by atoms with E-state index in [0.717, 1.165) is 18.2 Å². The van der Waals surface area contributed by atoms with Crippen LogP contribution in [0.4, 0.5) is 30.2 Å². The Morgan fingerprint density at radius 1 is 1.03 bits per heavy atom. The fraction of sp³-hybridized carbons (Fsp3) is 0.200. The predicted molar refractivity (Wildman–Crippen MR) is 97.8 cm³/mol. The lowest BCUT2D eigenvalue weighted by atomic mass is 10.2. The van der Waals surface area contributed by atoms with Gasteiger partial charge in [-0.05, 0) is 31.2 Å². The lowest BCUT2D eigenvalue weighted by Gasteiger charge is -2.16. The van der Waals surface area contributed by atoms with Crippen molar-refractivity contribution in [3.63, 3.8) is 0 Å². The first-order chi connectivity index (χ1) is 13.3. The number of benzene rings is 2. The van der Waals surface area contributed by atoms with E-state index in [2.05, 4.69) is 5.32 Å². The Morgan fingerprint density at radius 3 is 2.21 bits per heavy atom. The second kappa shape index (κ2) is 7.87. The number of nitro groups is 1. The normalized spacial score (nSPS) is 12.4. The molecule has 0 spiro atoms. The highest BCUT2D eigenvalue weighted by Crippen LogP contribution is 2.35. The first kappa shape index (κ1) is 22.4. The number of halogens is 3. The van der Waals surface area contributed by atoms with Crippen LogP contribution in [0.3, 0.4) is 0 Å². The van der Waals surface area contributed by atoms with Gasteiger partial charge in [0.15, 0.2) is 4.90 Å². The van der Waals surface area contributed by atoms with Gasteiger partial charge in [0.25, 0.3) is 25.5 Å². The molecular weight excluding hydrogens is 439 g/mol. The molecule has 0 bridgehead atoms.